The molecule has 3 rings (SSSR count). The summed E-state index contributed by atoms with van der Waals surface area (Å²) in [5, 5.41) is 10.5. The summed E-state index contributed by atoms with van der Waals surface area (Å²) in [6, 6.07) is 7.02. The average molecular weight is 343 g/mol. The van der Waals surface area contributed by atoms with E-state index in [0.29, 0.717) is 28.7 Å². The normalized spacial score (nSPS) is 17.0. The molecule has 1 heterocycles. The Labute approximate surface area is 145 Å². The molecule has 1 N–H and O–H groups in total. The zero-order valence-electron chi connectivity index (χ0n) is 13.9. The molecule has 0 unspecified atom stereocenters. The van der Waals surface area contributed by atoms with Crippen LogP contribution < -0.4 is 0 Å². The molecular formula is C19H21NO3S. The van der Waals surface area contributed by atoms with Gasteiger partial charge in [-0.3, -0.25) is 0 Å². The van der Waals surface area contributed by atoms with Gasteiger partial charge in [-0.1, -0.05) is 19.1 Å². The van der Waals surface area contributed by atoms with E-state index >= 15 is 0 Å². The van der Waals surface area contributed by atoms with Gasteiger partial charge in [-0.15, -0.1) is 11.3 Å². The lowest BCUT2D eigenvalue weighted by atomic mass is 9.88. The Balaban J connectivity index is 2.00. The molecule has 2 aromatic rings. The highest BCUT2D eigenvalue weighted by atomic mass is 32.1. The molecule has 0 amide bonds. The van der Waals surface area contributed by atoms with Crippen LogP contribution in [0.3, 0.4) is 0 Å². The SMILES string of the molecule is CCOC(=O)c1c(N=Cc2ccccc2O)sc2c1CC[C@@H](C)C2. The number of nitrogens with zero attached hydrogens (tertiary/aromatic N) is 1. The number of hydrogen-bond acceptors (Lipinski definition) is 5. The average Bonchev–Trinajstić information content (AvgIpc) is 2.91. The van der Waals surface area contributed by atoms with Crippen LogP contribution in [-0.4, -0.2) is 23.9 Å². The third kappa shape index (κ3) is 3.36. The van der Waals surface area contributed by atoms with Crippen molar-refractivity contribution in [2.45, 2.75) is 33.1 Å². The lowest BCUT2D eigenvalue weighted by Crippen LogP contribution is -2.13. The molecule has 126 valence electrons. The number of thiophene rings is 1. The first-order chi connectivity index (χ1) is 11.6. The van der Waals surface area contributed by atoms with Crippen LogP contribution in [0.25, 0.3) is 0 Å². The largest absolute Gasteiger partial charge is 0.507 e. The van der Waals surface area contributed by atoms with Gasteiger partial charge in [0.2, 0.25) is 0 Å². The number of fused-ring (bicyclic) bond motifs is 1. The van der Waals surface area contributed by atoms with Crippen LogP contribution >= 0.6 is 11.3 Å². The van der Waals surface area contributed by atoms with Gasteiger partial charge in [0, 0.05) is 16.7 Å². The maximum absolute atomic E-state index is 12.4. The molecule has 5 heteroatoms. The third-order valence-electron chi connectivity index (χ3n) is 4.23. The van der Waals surface area contributed by atoms with Crippen LogP contribution in [0.1, 0.15) is 46.6 Å². The fourth-order valence-electron chi connectivity index (χ4n) is 2.97. The Bertz CT molecular complexity index is 779. The van der Waals surface area contributed by atoms with Gasteiger partial charge < -0.3 is 9.84 Å². The highest BCUT2D eigenvalue weighted by Gasteiger charge is 2.28. The second-order valence-electron chi connectivity index (χ2n) is 6.07. The number of rotatable bonds is 4. The molecule has 1 aromatic heterocycles. The zero-order valence-corrected chi connectivity index (χ0v) is 14.7. The van der Waals surface area contributed by atoms with Crippen molar-refractivity contribution in [1.29, 1.82) is 0 Å². The number of phenols is 1. The lowest BCUT2D eigenvalue weighted by Gasteiger charge is -2.18. The van der Waals surface area contributed by atoms with E-state index in [0.717, 1.165) is 24.8 Å². The van der Waals surface area contributed by atoms with Crippen molar-refractivity contribution in [3.05, 3.63) is 45.8 Å². The predicted octanol–water partition coefficient (Wildman–Crippen LogP) is 4.51. The number of aromatic hydroxyl groups is 1. The van der Waals surface area contributed by atoms with Gasteiger partial charge in [0.05, 0.1) is 12.2 Å². The number of para-hydroxylation sites is 1. The van der Waals surface area contributed by atoms with Gasteiger partial charge in [-0.05, 0) is 49.8 Å². The molecule has 1 aromatic carbocycles. The van der Waals surface area contributed by atoms with E-state index in [-0.39, 0.29) is 11.7 Å². The van der Waals surface area contributed by atoms with Crippen molar-refractivity contribution < 1.29 is 14.6 Å². The summed E-state index contributed by atoms with van der Waals surface area (Å²) in [5.74, 6) is 0.504. The Kier molecular flexibility index (Phi) is 5.00. The molecule has 4 nitrogen and oxygen atoms in total. The van der Waals surface area contributed by atoms with Crippen molar-refractivity contribution in [2.24, 2.45) is 10.9 Å². The number of hydrogen-bond donors (Lipinski definition) is 1. The Morgan fingerprint density at radius 1 is 1.46 bits per heavy atom. The predicted molar refractivity (Wildman–Crippen MR) is 96.8 cm³/mol. The van der Waals surface area contributed by atoms with Crippen LogP contribution in [0, 0.1) is 5.92 Å². The molecule has 1 aliphatic rings. The van der Waals surface area contributed by atoms with E-state index in [2.05, 4.69) is 11.9 Å². The monoisotopic (exact) mass is 343 g/mol. The fourth-order valence-corrected chi connectivity index (χ4v) is 4.31. The first-order valence-electron chi connectivity index (χ1n) is 8.23. The number of phenolic OH excluding ortho intramolecular Hbond substituents is 1. The van der Waals surface area contributed by atoms with Crippen molar-refractivity contribution in [2.75, 3.05) is 6.61 Å². The second kappa shape index (κ2) is 7.18. The molecule has 0 fully saturated rings. The number of esters is 1. The van der Waals surface area contributed by atoms with Gasteiger partial charge in [0.15, 0.2) is 0 Å². The number of carbonyl (C=O) groups excluding carboxylic acids is 1. The van der Waals surface area contributed by atoms with E-state index < -0.39 is 0 Å². The molecule has 24 heavy (non-hydrogen) atoms. The first kappa shape index (κ1) is 16.7. The molecule has 0 radical (unpaired) electrons. The summed E-state index contributed by atoms with van der Waals surface area (Å²) in [6.07, 6.45) is 4.57. The molecule has 0 aliphatic heterocycles. The van der Waals surface area contributed by atoms with Gasteiger partial charge in [0.25, 0.3) is 0 Å². The molecule has 0 saturated heterocycles. The summed E-state index contributed by atoms with van der Waals surface area (Å²) in [4.78, 5) is 18.2. The maximum Gasteiger partial charge on any atom is 0.341 e. The van der Waals surface area contributed by atoms with Crippen LogP contribution in [0.5, 0.6) is 5.75 Å². The lowest BCUT2D eigenvalue weighted by molar-refractivity contribution is 0.0526. The summed E-state index contributed by atoms with van der Waals surface area (Å²) >= 11 is 1.56. The van der Waals surface area contributed by atoms with Gasteiger partial charge in [0.1, 0.15) is 10.8 Å². The van der Waals surface area contributed by atoms with Crippen LogP contribution in [0.2, 0.25) is 0 Å². The fraction of sp³-hybridized carbons (Fsp3) is 0.368. The van der Waals surface area contributed by atoms with E-state index in [1.54, 1.807) is 35.8 Å². The summed E-state index contributed by atoms with van der Waals surface area (Å²) < 4.78 is 5.24. The summed E-state index contributed by atoms with van der Waals surface area (Å²) in [7, 11) is 0. The molecule has 0 bridgehead atoms. The van der Waals surface area contributed by atoms with Crippen LogP contribution in [0.4, 0.5) is 5.00 Å². The van der Waals surface area contributed by atoms with Gasteiger partial charge in [-0.2, -0.15) is 0 Å². The van der Waals surface area contributed by atoms with Crippen molar-refractivity contribution in [3.63, 3.8) is 0 Å². The number of aliphatic imine (C=N–C) groups is 1. The van der Waals surface area contributed by atoms with Crippen LogP contribution in [0.15, 0.2) is 29.3 Å². The minimum atomic E-state index is -0.297. The highest BCUT2D eigenvalue weighted by molar-refractivity contribution is 7.16. The van der Waals surface area contributed by atoms with Crippen molar-refractivity contribution in [3.8, 4) is 5.75 Å². The standard InChI is InChI=1S/C19H21NO3S/c1-3-23-19(22)17-14-9-8-12(2)10-16(14)24-18(17)20-11-13-6-4-5-7-15(13)21/h4-7,11-12,21H,3,8-10H2,1-2H3/t12-/m1/s1. The molecular weight excluding hydrogens is 322 g/mol. The first-order valence-corrected chi connectivity index (χ1v) is 9.05. The van der Waals surface area contributed by atoms with Crippen LogP contribution in [-0.2, 0) is 17.6 Å². The highest BCUT2D eigenvalue weighted by Crippen LogP contribution is 2.41. The van der Waals surface area contributed by atoms with E-state index in [9.17, 15) is 9.90 Å². The van der Waals surface area contributed by atoms with Gasteiger partial charge in [-0.25, -0.2) is 9.79 Å². The van der Waals surface area contributed by atoms with E-state index in [4.69, 9.17) is 4.74 Å². The molecule has 0 saturated carbocycles. The smallest absolute Gasteiger partial charge is 0.341 e. The molecule has 1 atom stereocenters. The minimum absolute atomic E-state index is 0.175. The Morgan fingerprint density at radius 3 is 3.00 bits per heavy atom. The number of ether oxygens (including phenoxy) is 1. The Morgan fingerprint density at radius 2 is 2.25 bits per heavy atom. The van der Waals surface area contributed by atoms with E-state index in [1.807, 2.05) is 13.0 Å². The number of carbonyl (C=O) groups is 1. The quantitative estimate of drug-likeness (QED) is 0.656. The summed E-state index contributed by atoms with van der Waals surface area (Å²) in [5.41, 5.74) is 2.34. The number of benzene rings is 1. The van der Waals surface area contributed by atoms with E-state index in [1.165, 1.54) is 4.88 Å². The summed E-state index contributed by atoms with van der Waals surface area (Å²) in [6.45, 7) is 4.39. The van der Waals surface area contributed by atoms with Gasteiger partial charge >= 0.3 is 5.97 Å². The van der Waals surface area contributed by atoms with Crippen molar-refractivity contribution in [1.82, 2.24) is 0 Å². The minimum Gasteiger partial charge on any atom is -0.507 e. The molecule has 0 spiro atoms. The zero-order chi connectivity index (χ0) is 17.1. The molecule has 1 aliphatic carbocycles. The third-order valence-corrected chi connectivity index (χ3v) is 5.39. The van der Waals surface area contributed by atoms with Crippen molar-refractivity contribution >= 4 is 28.5 Å². The Hall–Kier alpha value is -2.14. The topological polar surface area (TPSA) is 58.9 Å². The maximum atomic E-state index is 12.4. The second-order valence-corrected chi connectivity index (χ2v) is 7.15.